The number of hydrogen-bond donors (Lipinski definition) is 3. The molecule has 0 spiro atoms. The lowest BCUT2D eigenvalue weighted by molar-refractivity contribution is 0.103. The van der Waals surface area contributed by atoms with Gasteiger partial charge in [-0.2, -0.15) is 0 Å². The zero-order valence-electron chi connectivity index (χ0n) is 10.4. The molecule has 96 valence electrons. The number of aliphatic hydroxyl groups is 2. The number of aromatic nitrogens is 1. The van der Waals surface area contributed by atoms with Crippen molar-refractivity contribution in [2.45, 2.75) is 19.0 Å². The van der Waals surface area contributed by atoms with E-state index in [1.54, 1.807) is 13.1 Å². The summed E-state index contributed by atoms with van der Waals surface area (Å²) in [5.74, 6) is 0. The van der Waals surface area contributed by atoms with Crippen molar-refractivity contribution in [2.75, 3.05) is 13.2 Å². The van der Waals surface area contributed by atoms with Crippen molar-refractivity contribution >= 4 is 10.9 Å². The summed E-state index contributed by atoms with van der Waals surface area (Å²) in [5, 5.41) is 22.7. The smallest absolute Gasteiger partial charge is 0.0746 e. The summed E-state index contributed by atoms with van der Waals surface area (Å²) in [6, 6.07) is 9.92. The molecule has 0 aliphatic carbocycles. The molecule has 1 heterocycles. The Bertz CT molecular complexity index is 519. The fourth-order valence-electron chi connectivity index (χ4n) is 1.78. The van der Waals surface area contributed by atoms with Gasteiger partial charge in [0.25, 0.3) is 0 Å². The van der Waals surface area contributed by atoms with Gasteiger partial charge in [0.1, 0.15) is 0 Å². The average molecular weight is 246 g/mol. The number of aliphatic hydroxyl groups excluding tert-OH is 2. The van der Waals surface area contributed by atoms with Crippen molar-refractivity contribution < 1.29 is 10.2 Å². The number of nitrogens with one attached hydrogen (secondary N) is 1. The molecule has 0 fully saturated rings. The number of pyridine rings is 1. The lowest BCUT2D eigenvalue weighted by Crippen LogP contribution is -2.48. The zero-order chi connectivity index (χ0) is 13.0. The average Bonchev–Trinajstić information content (AvgIpc) is 2.44. The molecule has 3 N–H and O–H groups in total. The van der Waals surface area contributed by atoms with Crippen molar-refractivity contribution in [1.29, 1.82) is 0 Å². The lowest BCUT2D eigenvalue weighted by Gasteiger charge is -2.26. The van der Waals surface area contributed by atoms with E-state index in [0.717, 1.165) is 16.5 Å². The van der Waals surface area contributed by atoms with Crippen molar-refractivity contribution in [1.82, 2.24) is 10.3 Å². The lowest BCUT2D eigenvalue weighted by atomic mass is 10.0. The molecule has 0 aliphatic rings. The number of hydrogen-bond acceptors (Lipinski definition) is 4. The summed E-state index contributed by atoms with van der Waals surface area (Å²) in [6.07, 6.45) is 1.77. The van der Waals surface area contributed by atoms with Crippen LogP contribution in [0.4, 0.5) is 0 Å². The van der Waals surface area contributed by atoms with Crippen molar-refractivity contribution in [3.8, 4) is 0 Å². The molecule has 0 aliphatic heterocycles. The molecule has 2 aromatic rings. The Kier molecular flexibility index (Phi) is 3.91. The second-order valence-corrected chi connectivity index (χ2v) is 4.72. The van der Waals surface area contributed by atoms with Gasteiger partial charge in [0.05, 0.1) is 24.3 Å². The number of para-hydroxylation sites is 1. The first-order valence-electron chi connectivity index (χ1n) is 5.98. The van der Waals surface area contributed by atoms with Crippen LogP contribution in [0.3, 0.4) is 0 Å². The predicted octanol–water partition coefficient (Wildman–Crippen LogP) is 1.07. The van der Waals surface area contributed by atoms with Crippen LogP contribution < -0.4 is 5.32 Å². The van der Waals surface area contributed by atoms with Gasteiger partial charge in [-0.1, -0.05) is 24.3 Å². The minimum Gasteiger partial charge on any atom is -0.394 e. The summed E-state index contributed by atoms with van der Waals surface area (Å²) >= 11 is 0. The molecule has 18 heavy (non-hydrogen) atoms. The van der Waals surface area contributed by atoms with E-state index in [4.69, 9.17) is 0 Å². The Balaban J connectivity index is 2.22. The first-order valence-corrected chi connectivity index (χ1v) is 5.98. The summed E-state index contributed by atoms with van der Waals surface area (Å²) in [4.78, 5) is 4.37. The Labute approximate surface area is 106 Å². The Hall–Kier alpha value is -1.49. The summed E-state index contributed by atoms with van der Waals surface area (Å²) in [5.41, 5.74) is 1.34. The second-order valence-electron chi connectivity index (χ2n) is 4.72. The van der Waals surface area contributed by atoms with E-state index in [9.17, 15) is 10.2 Å². The van der Waals surface area contributed by atoms with Crippen LogP contribution in [0.25, 0.3) is 10.9 Å². The van der Waals surface area contributed by atoms with Crippen molar-refractivity contribution in [3.05, 3.63) is 42.1 Å². The van der Waals surface area contributed by atoms with Crippen molar-refractivity contribution in [2.24, 2.45) is 0 Å². The maximum atomic E-state index is 9.24. The molecule has 0 unspecified atom stereocenters. The standard InChI is InChI=1S/C14H18N2O2/c1-14(9-17,10-18)16-8-12-5-2-4-11-6-3-7-15-13(11)12/h2-7,16-18H,8-10H2,1H3. The zero-order valence-corrected chi connectivity index (χ0v) is 10.4. The molecular weight excluding hydrogens is 228 g/mol. The van der Waals surface area contributed by atoms with Gasteiger partial charge >= 0.3 is 0 Å². The van der Waals surface area contributed by atoms with E-state index in [1.165, 1.54) is 0 Å². The van der Waals surface area contributed by atoms with Crippen LogP contribution in [-0.4, -0.2) is 33.9 Å². The second kappa shape index (κ2) is 5.44. The van der Waals surface area contributed by atoms with E-state index in [1.807, 2.05) is 30.3 Å². The van der Waals surface area contributed by atoms with Crippen LogP contribution in [0.15, 0.2) is 36.5 Å². The van der Waals surface area contributed by atoms with Crippen LogP contribution in [-0.2, 0) is 6.54 Å². The molecule has 0 bridgehead atoms. The van der Waals surface area contributed by atoms with Crippen LogP contribution in [0.1, 0.15) is 12.5 Å². The van der Waals surface area contributed by atoms with E-state index in [0.29, 0.717) is 6.54 Å². The Morgan fingerprint density at radius 3 is 2.61 bits per heavy atom. The number of rotatable bonds is 5. The highest BCUT2D eigenvalue weighted by Gasteiger charge is 2.21. The van der Waals surface area contributed by atoms with Crippen LogP contribution >= 0.6 is 0 Å². The predicted molar refractivity (Wildman–Crippen MR) is 71.2 cm³/mol. The van der Waals surface area contributed by atoms with Gasteiger partial charge < -0.3 is 15.5 Å². The highest BCUT2D eigenvalue weighted by molar-refractivity contribution is 5.81. The summed E-state index contributed by atoms with van der Waals surface area (Å²) in [7, 11) is 0. The Morgan fingerprint density at radius 1 is 1.17 bits per heavy atom. The minimum absolute atomic E-state index is 0.109. The topological polar surface area (TPSA) is 65.4 Å². The largest absolute Gasteiger partial charge is 0.394 e. The molecule has 0 amide bonds. The summed E-state index contributed by atoms with van der Waals surface area (Å²) in [6.45, 7) is 2.13. The number of nitrogens with zero attached hydrogens (tertiary/aromatic N) is 1. The molecular formula is C14H18N2O2. The maximum absolute atomic E-state index is 9.24. The van der Waals surface area contributed by atoms with Gasteiger partial charge in [-0.15, -0.1) is 0 Å². The third-order valence-electron chi connectivity index (χ3n) is 3.12. The Morgan fingerprint density at radius 2 is 1.89 bits per heavy atom. The van der Waals surface area contributed by atoms with Crippen LogP contribution in [0.2, 0.25) is 0 Å². The van der Waals surface area contributed by atoms with Gasteiger partial charge in [0, 0.05) is 18.1 Å². The number of benzene rings is 1. The van der Waals surface area contributed by atoms with Crippen LogP contribution in [0.5, 0.6) is 0 Å². The van der Waals surface area contributed by atoms with E-state index in [-0.39, 0.29) is 13.2 Å². The molecule has 0 saturated heterocycles. The minimum atomic E-state index is -0.670. The molecule has 2 rings (SSSR count). The third kappa shape index (κ3) is 2.67. The highest BCUT2D eigenvalue weighted by Crippen LogP contribution is 2.16. The fourth-order valence-corrected chi connectivity index (χ4v) is 1.78. The quantitative estimate of drug-likeness (QED) is 0.738. The molecule has 1 aromatic carbocycles. The third-order valence-corrected chi connectivity index (χ3v) is 3.12. The summed E-state index contributed by atoms with van der Waals surface area (Å²) < 4.78 is 0. The molecule has 1 aromatic heterocycles. The SMILES string of the molecule is CC(CO)(CO)NCc1cccc2cccnc12. The van der Waals surface area contributed by atoms with Crippen LogP contribution in [0, 0.1) is 0 Å². The maximum Gasteiger partial charge on any atom is 0.0746 e. The first-order chi connectivity index (χ1) is 8.68. The first kappa shape index (κ1) is 13.0. The monoisotopic (exact) mass is 246 g/mol. The van der Waals surface area contributed by atoms with Gasteiger partial charge in [0.15, 0.2) is 0 Å². The molecule has 0 atom stereocenters. The van der Waals surface area contributed by atoms with E-state index >= 15 is 0 Å². The van der Waals surface area contributed by atoms with Gasteiger partial charge in [-0.3, -0.25) is 4.98 Å². The molecule has 4 heteroatoms. The fraction of sp³-hybridized carbons (Fsp3) is 0.357. The van der Waals surface area contributed by atoms with Gasteiger partial charge in [-0.25, -0.2) is 0 Å². The highest BCUT2D eigenvalue weighted by atomic mass is 16.3. The molecule has 0 saturated carbocycles. The van der Waals surface area contributed by atoms with Gasteiger partial charge in [-0.05, 0) is 18.6 Å². The van der Waals surface area contributed by atoms with E-state index < -0.39 is 5.54 Å². The van der Waals surface area contributed by atoms with Gasteiger partial charge in [0.2, 0.25) is 0 Å². The van der Waals surface area contributed by atoms with Crippen molar-refractivity contribution in [3.63, 3.8) is 0 Å². The normalized spacial score (nSPS) is 11.9. The number of fused-ring (bicyclic) bond motifs is 1. The molecule has 0 radical (unpaired) electrons. The molecule has 4 nitrogen and oxygen atoms in total. The van der Waals surface area contributed by atoms with E-state index in [2.05, 4.69) is 10.3 Å².